The standard InChI is InChI=1S/C16H23ClN4O2/c1-12(16(22)19-14-3-2-5-18-15(14)17)21-6-4-13(11-21)20-7-9-23-10-8-20/h2-3,5,12-13H,4,6-11H2,1H3,(H,19,22). The summed E-state index contributed by atoms with van der Waals surface area (Å²) in [6, 6.07) is 3.87. The van der Waals surface area contributed by atoms with Gasteiger partial charge in [0.2, 0.25) is 5.91 Å². The van der Waals surface area contributed by atoms with Crippen molar-refractivity contribution < 1.29 is 9.53 Å². The molecule has 0 aromatic carbocycles. The average Bonchev–Trinajstić information content (AvgIpc) is 3.07. The lowest BCUT2D eigenvalue weighted by molar-refractivity contribution is -0.120. The number of rotatable bonds is 4. The van der Waals surface area contributed by atoms with Gasteiger partial charge in [-0.2, -0.15) is 0 Å². The Morgan fingerprint density at radius 1 is 1.43 bits per heavy atom. The lowest BCUT2D eigenvalue weighted by Crippen LogP contribution is -2.46. The number of nitrogens with zero attached hydrogens (tertiary/aromatic N) is 3. The van der Waals surface area contributed by atoms with Gasteiger partial charge in [0.05, 0.1) is 24.9 Å². The molecule has 7 heteroatoms. The number of halogens is 1. The number of aromatic nitrogens is 1. The molecule has 1 amide bonds. The highest BCUT2D eigenvalue weighted by Gasteiger charge is 2.33. The Bertz CT molecular complexity index is 551. The van der Waals surface area contributed by atoms with Crippen molar-refractivity contribution >= 4 is 23.2 Å². The summed E-state index contributed by atoms with van der Waals surface area (Å²) < 4.78 is 5.41. The quantitative estimate of drug-likeness (QED) is 0.842. The van der Waals surface area contributed by atoms with Crippen LogP contribution in [0.1, 0.15) is 13.3 Å². The summed E-state index contributed by atoms with van der Waals surface area (Å²) in [6.45, 7) is 7.42. The van der Waals surface area contributed by atoms with Gasteiger partial charge in [0.15, 0.2) is 5.15 Å². The zero-order valence-corrected chi connectivity index (χ0v) is 14.1. The van der Waals surface area contributed by atoms with Crippen LogP contribution in [-0.4, -0.2) is 72.2 Å². The zero-order valence-electron chi connectivity index (χ0n) is 13.4. The van der Waals surface area contributed by atoms with Crippen molar-refractivity contribution in [3.8, 4) is 0 Å². The molecule has 2 aliphatic heterocycles. The van der Waals surface area contributed by atoms with Crippen molar-refractivity contribution in [2.24, 2.45) is 0 Å². The smallest absolute Gasteiger partial charge is 0.241 e. The van der Waals surface area contributed by atoms with Crippen molar-refractivity contribution in [3.05, 3.63) is 23.5 Å². The van der Waals surface area contributed by atoms with Crippen LogP contribution in [0.15, 0.2) is 18.3 Å². The number of nitrogens with one attached hydrogen (secondary N) is 1. The minimum Gasteiger partial charge on any atom is -0.379 e. The van der Waals surface area contributed by atoms with Gasteiger partial charge < -0.3 is 10.1 Å². The molecule has 23 heavy (non-hydrogen) atoms. The van der Waals surface area contributed by atoms with Crippen LogP contribution in [0.3, 0.4) is 0 Å². The van der Waals surface area contributed by atoms with Crippen LogP contribution in [0.4, 0.5) is 5.69 Å². The predicted octanol–water partition coefficient (Wildman–Crippen LogP) is 1.47. The Morgan fingerprint density at radius 2 is 2.22 bits per heavy atom. The van der Waals surface area contributed by atoms with Crippen molar-refractivity contribution in [1.29, 1.82) is 0 Å². The van der Waals surface area contributed by atoms with E-state index < -0.39 is 0 Å². The number of amides is 1. The molecule has 0 radical (unpaired) electrons. The maximum Gasteiger partial charge on any atom is 0.241 e. The molecule has 2 saturated heterocycles. The maximum atomic E-state index is 12.5. The van der Waals surface area contributed by atoms with E-state index in [1.807, 2.05) is 6.92 Å². The van der Waals surface area contributed by atoms with Gasteiger partial charge >= 0.3 is 0 Å². The molecule has 0 bridgehead atoms. The van der Waals surface area contributed by atoms with E-state index in [1.54, 1.807) is 18.3 Å². The SMILES string of the molecule is CC(C(=O)Nc1cccnc1Cl)N1CCC(N2CCOCC2)C1. The summed E-state index contributed by atoms with van der Waals surface area (Å²) in [5.74, 6) is -0.0393. The highest BCUT2D eigenvalue weighted by molar-refractivity contribution is 6.32. The van der Waals surface area contributed by atoms with Gasteiger partial charge in [0, 0.05) is 38.4 Å². The highest BCUT2D eigenvalue weighted by Crippen LogP contribution is 2.21. The molecular formula is C16H23ClN4O2. The first kappa shape index (κ1) is 16.6. The lowest BCUT2D eigenvalue weighted by atomic mass is 10.2. The molecule has 1 aromatic rings. The Hall–Kier alpha value is -1.21. The van der Waals surface area contributed by atoms with Gasteiger partial charge in [0.1, 0.15) is 0 Å². The number of carbonyl (C=O) groups is 1. The van der Waals surface area contributed by atoms with Gasteiger partial charge in [-0.1, -0.05) is 11.6 Å². The first-order valence-corrected chi connectivity index (χ1v) is 8.50. The molecule has 0 aliphatic carbocycles. The zero-order chi connectivity index (χ0) is 16.2. The summed E-state index contributed by atoms with van der Waals surface area (Å²) in [5.41, 5.74) is 0.565. The first-order valence-electron chi connectivity index (χ1n) is 8.12. The minimum absolute atomic E-state index is 0.0393. The third-order valence-corrected chi connectivity index (χ3v) is 5.00. The summed E-state index contributed by atoms with van der Waals surface area (Å²) >= 11 is 6.00. The lowest BCUT2D eigenvalue weighted by Gasteiger charge is -2.32. The van der Waals surface area contributed by atoms with Crippen LogP contribution in [0, 0.1) is 0 Å². The van der Waals surface area contributed by atoms with E-state index in [-0.39, 0.29) is 11.9 Å². The summed E-state index contributed by atoms with van der Waals surface area (Å²) in [4.78, 5) is 21.2. The summed E-state index contributed by atoms with van der Waals surface area (Å²) in [7, 11) is 0. The first-order chi connectivity index (χ1) is 11.1. The number of hydrogen-bond acceptors (Lipinski definition) is 5. The predicted molar refractivity (Wildman–Crippen MR) is 89.7 cm³/mol. The van der Waals surface area contributed by atoms with Gasteiger partial charge in [0.25, 0.3) is 0 Å². The molecule has 6 nitrogen and oxygen atoms in total. The van der Waals surface area contributed by atoms with E-state index in [4.69, 9.17) is 16.3 Å². The molecular weight excluding hydrogens is 316 g/mol. The number of carbonyl (C=O) groups excluding carboxylic acids is 1. The highest BCUT2D eigenvalue weighted by atomic mass is 35.5. The van der Waals surface area contributed by atoms with E-state index in [2.05, 4.69) is 20.1 Å². The van der Waals surface area contributed by atoms with Crippen LogP contribution in [0.5, 0.6) is 0 Å². The van der Waals surface area contributed by atoms with Gasteiger partial charge in [-0.05, 0) is 25.5 Å². The number of pyridine rings is 1. The molecule has 2 atom stereocenters. The number of hydrogen-bond donors (Lipinski definition) is 1. The molecule has 3 rings (SSSR count). The average molecular weight is 339 g/mol. The maximum absolute atomic E-state index is 12.5. The molecule has 3 heterocycles. The van der Waals surface area contributed by atoms with Gasteiger partial charge in [-0.15, -0.1) is 0 Å². The van der Waals surface area contributed by atoms with Gasteiger partial charge in [-0.3, -0.25) is 14.6 Å². The van der Waals surface area contributed by atoms with Crippen molar-refractivity contribution in [2.75, 3.05) is 44.7 Å². The Labute approximate surface area is 141 Å². The molecule has 0 spiro atoms. The fourth-order valence-electron chi connectivity index (χ4n) is 3.24. The number of morpholine rings is 1. The van der Waals surface area contributed by atoms with E-state index >= 15 is 0 Å². The fourth-order valence-corrected chi connectivity index (χ4v) is 3.41. The van der Waals surface area contributed by atoms with Crippen molar-refractivity contribution in [3.63, 3.8) is 0 Å². The molecule has 0 saturated carbocycles. The fraction of sp³-hybridized carbons (Fsp3) is 0.625. The van der Waals surface area contributed by atoms with Gasteiger partial charge in [-0.25, -0.2) is 4.98 Å². The third kappa shape index (κ3) is 4.01. The second kappa shape index (κ2) is 7.57. The Kier molecular flexibility index (Phi) is 5.48. The Balaban J connectivity index is 1.55. The summed E-state index contributed by atoms with van der Waals surface area (Å²) in [6.07, 6.45) is 2.71. The molecule has 2 unspecified atom stereocenters. The van der Waals surface area contributed by atoms with E-state index in [0.717, 1.165) is 45.8 Å². The number of ether oxygens (including phenoxy) is 1. The largest absolute Gasteiger partial charge is 0.379 e. The molecule has 1 aromatic heterocycles. The minimum atomic E-state index is -0.183. The van der Waals surface area contributed by atoms with Crippen molar-refractivity contribution in [1.82, 2.24) is 14.8 Å². The number of anilines is 1. The third-order valence-electron chi connectivity index (χ3n) is 4.70. The van der Waals surface area contributed by atoms with E-state index in [0.29, 0.717) is 16.9 Å². The van der Waals surface area contributed by atoms with Crippen LogP contribution in [0.2, 0.25) is 5.15 Å². The van der Waals surface area contributed by atoms with E-state index in [9.17, 15) is 4.79 Å². The normalized spacial score (nSPS) is 24.5. The second-order valence-corrected chi connectivity index (χ2v) is 6.45. The van der Waals surface area contributed by atoms with Crippen LogP contribution < -0.4 is 5.32 Å². The molecule has 2 fully saturated rings. The van der Waals surface area contributed by atoms with Crippen LogP contribution in [-0.2, 0) is 9.53 Å². The van der Waals surface area contributed by atoms with Crippen molar-refractivity contribution in [2.45, 2.75) is 25.4 Å². The van der Waals surface area contributed by atoms with Crippen LogP contribution >= 0.6 is 11.6 Å². The summed E-state index contributed by atoms with van der Waals surface area (Å²) in [5, 5.41) is 3.19. The number of likely N-dealkylation sites (tertiary alicyclic amines) is 1. The van der Waals surface area contributed by atoms with Crippen LogP contribution in [0.25, 0.3) is 0 Å². The molecule has 2 aliphatic rings. The molecule has 1 N–H and O–H groups in total. The molecule has 126 valence electrons. The van der Waals surface area contributed by atoms with E-state index in [1.165, 1.54) is 0 Å². The monoisotopic (exact) mass is 338 g/mol. The second-order valence-electron chi connectivity index (χ2n) is 6.09. The Morgan fingerprint density at radius 3 is 2.96 bits per heavy atom. The topological polar surface area (TPSA) is 57.7 Å².